The van der Waals surface area contributed by atoms with Crippen LogP contribution in [0.25, 0.3) is 10.9 Å². The Bertz CT molecular complexity index is 1010. The molecule has 29 heavy (non-hydrogen) atoms. The van der Waals surface area contributed by atoms with E-state index in [1.807, 2.05) is 36.2 Å². The quantitative estimate of drug-likeness (QED) is 0.569. The Balaban J connectivity index is 1.33. The normalized spacial score (nSPS) is 14.9. The molecule has 1 aliphatic heterocycles. The second kappa shape index (κ2) is 9.48. The Hall–Kier alpha value is -2.28. The first kappa shape index (κ1) is 20.0. The third-order valence-corrected chi connectivity index (χ3v) is 6.35. The lowest BCUT2D eigenvalue weighted by Crippen LogP contribution is -2.22. The molecule has 0 saturated carbocycles. The Labute approximate surface area is 175 Å². The Morgan fingerprint density at radius 2 is 1.83 bits per heavy atom. The van der Waals surface area contributed by atoms with Crippen molar-refractivity contribution >= 4 is 22.9 Å². The molecule has 0 amide bonds. The monoisotopic (exact) mass is 409 g/mol. The summed E-state index contributed by atoms with van der Waals surface area (Å²) in [6, 6.07) is 16.4. The van der Waals surface area contributed by atoms with E-state index < -0.39 is 0 Å². The maximum absolute atomic E-state index is 12.4. The number of hydrogen-bond acceptors (Lipinski definition) is 5. The van der Waals surface area contributed by atoms with Crippen molar-refractivity contribution in [3.63, 3.8) is 0 Å². The lowest BCUT2D eigenvalue weighted by molar-refractivity contribution is 0.380. The predicted octanol–water partition coefficient (Wildman–Crippen LogP) is 4.32. The molecule has 2 heterocycles. The fourth-order valence-electron chi connectivity index (χ4n) is 3.60. The number of benzene rings is 2. The van der Waals surface area contributed by atoms with E-state index in [1.54, 1.807) is 7.11 Å². The molecule has 0 unspecified atom stereocenters. The molecular formula is C23H27N3O2S. The smallest absolute Gasteiger partial charge is 0.252 e. The zero-order chi connectivity index (χ0) is 20.1. The minimum Gasteiger partial charge on any atom is -0.497 e. The van der Waals surface area contributed by atoms with Crippen molar-refractivity contribution in [1.29, 1.82) is 0 Å². The molecule has 4 rings (SSSR count). The van der Waals surface area contributed by atoms with Crippen LogP contribution >= 0.6 is 11.9 Å². The van der Waals surface area contributed by atoms with Crippen LogP contribution in [0, 0.1) is 0 Å². The van der Waals surface area contributed by atoms with Crippen LogP contribution in [0.1, 0.15) is 30.4 Å². The van der Waals surface area contributed by atoms with Crippen LogP contribution in [0.3, 0.4) is 0 Å². The summed E-state index contributed by atoms with van der Waals surface area (Å²) in [5.74, 6) is 0.737. The van der Waals surface area contributed by atoms with Crippen molar-refractivity contribution in [2.75, 3.05) is 20.2 Å². The van der Waals surface area contributed by atoms with E-state index in [1.165, 1.54) is 42.8 Å². The van der Waals surface area contributed by atoms with Gasteiger partial charge in [0.2, 0.25) is 0 Å². The molecule has 1 fully saturated rings. The predicted molar refractivity (Wildman–Crippen MR) is 119 cm³/mol. The summed E-state index contributed by atoms with van der Waals surface area (Å²) in [6.45, 7) is 3.62. The van der Waals surface area contributed by atoms with Crippen LogP contribution < -0.4 is 15.6 Å². The number of hydrogen-bond donors (Lipinski definition) is 2. The lowest BCUT2D eigenvalue weighted by Gasteiger charge is -2.25. The van der Waals surface area contributed by atoms with Crippen LogP contribution in [0.15, 0.2) is 58.2 Å². The van der Waals surface area contributed by atoms with Crippen LogP contribution in [-0.4, -0.2) is 29.5 Å². The second-order valence-electron chi connectivity index (χ2n) is 7.41. The number of aromatic amines is 1. The average molecular weight is 410 g/mol. The first-order valence-corrected chi connectivity index (χ1v) is 10.9. The summed E-state index contributed by atoms with van der Waals surface area (Å²) in [5, 5.41) is 4.39. The van der Waals surface area contributed by atoms with E-state index in [2.05, 4.69) is 38.9 Å². The first-order chi connectivity index (χ1) is 14.2. The van der Waals surface area contributed by atoms with Gasteiger partial charge < -0.3 is 15.0 Å². The standard InChI is InChI=1S/C23H27N3O2S/c1-28-20-8-7-18-13-19(23(27)25-22(18)14-20)16-24-15-17-5-9-21(10-6-17)29-26-11-3-2-4-12-26/h5-10,13-14,24H,2-4,11-12,15-16H2,1H3,(H,25,27). The van der Waals surface area contributed by atoms with E-state index in [4.69, 9.17) is 4.74 Å². The van der Waals surface area contributed by atoms with Gasteiger partial charge in [0.05, 0.1) is 12.6 Å². The Kier molecular flexibility index (Phi) is 6.54. The number of piperidine rings is 1. The van der Waals surface area contributed by atoms with Gasteiger partial charge in [-0.1, -0.05) is 18.6 Å². The fourth-order valence-corrected chi connectivity index (χ4v) is 4.60. The van der Waals surface area contributed by atoms with Gasteiger partial charge in [0.15, 0.2) is 0 Å². The van der Waals surface area contributed by atoms with Crippen molar-refractivity contribution < 1.29 is 4.74 Å². The summed E-state index contributed by atoms with van der Waals surface area (Å²) in [4.78, 5) is 16.6. The van der Waals surface area contributed by atoms with Crippen molar-refractivity contribution in [2.45, 2.75) is 37.2 Å². The molecule has 152 valence electrons. The van der Waals surface area contributed by atoms with E-state index in [-0.39, 0.29) is 5.56 Å². The van der Waals surface area contributed by atoms with Gasteiger partial charge in [-0.25, -0.2) is 4.31 Å². The highest BCUT2D eigenvalue weighted by Gasteiger charge is 2.11. The Morgan fingerprint density at radius 3 is 2.59 bits per heavy atom. The fraction of sp³-hybridized carbons (Fsp3) is 0.348. The van der Waals surface area contributed by atoms with E-state index in [0.29, 0.717) is 6.54 Å². The van der Waals surface area contributed by atoms with Crippen LogP contribution in [0.2, 0.25) is 0 Å². The lowest BCUT2D eigenvalue weighted by atomic mass is 10.1. The number of nitrogens with zero attached hydrogens (tertiary/aromatic N) is 1. The third-order valence-electron chi connectivity index (χ3n) is 5.25. The number of nitrogens with one attached hydrogen (secondary N) is 2. The molecule has 6 heteroatoms. The summed E-state index contributed by atoms with van der Waals surface area (Å²) < 4.78 is 7.68. The van der Waals surface area contributed by atoms with Gasteiger partial charge in [-0.15, -0.1) is 0 Å². The van der Waals surface area contributed by atoms with Crippen molar-refractivity contribution in [1.82, 2.24) is 14.6 Å². The first-order valence-electron chi connectivity index (χ1n) is 10.1. The minimum atomic E-state index is -0.0634. The van der Waals surface area contributed by atoms with Crippen molar-refractivity contribution in [2.24, 2.45) is 0 Å². The third kappa shape index (κ3) is 5.21. The number of methoxy groups -OCH3 is 1. The highest BCUT2D eigenvalue weighted by Crippen LogP contribution is 2.26. The molecule has 1 aromatic heterocycles. The van der Waals surface area contributed by atoms with Gasteiger partial charge in [-0.05, 0) is 66.1 Å². The largest absolute Gasteiger partial charge is 0.497 e. The summed E-state index contributed by atoms with van der Waals surface area (Å²) >= 11 is 1.86. The summed E-state index contributed by atoms with van der Waals surface area (Å²) in [6.07, 6.45) is 3.96. The van der Waals surface area contributed by atoms with E-state index in [0.717, 1.165) is 28.8 Å². The van der Waals surface area contributed by atoms with Gasteiger partial charge in [-0.3, -0.25) is 4.79 Å². The molecule has 0 bridgehead atoms. The number of aromatic nitrogens is 1. The highest BCUT2D eigenvalue weighted by atomic mass is 32.2. The van der Waals surface area contributed by atoms with Crippen LogP contribution in [0.4, 0.5) is 0 Å². The Morgan fingerprint density at radius 1 is 1.03 bits per heavy atom. The molecule has 2 N–H and O–H groups in total. The zero-order valence-corrected chi connectivity index (χ0v) is 17.6. The number of pyridine rings is 1. The highest BCUT2D eigenvalue weighted by molar-refractivity contribution is 7.97. The molecule has 1 aliphatic rings. The maximum Gasteiger partial charge on any atom is 0.252 e. The van der Waals surface area contributed by atoms with Crippen LogP contribution in [-0.2, 0) is 13.1 Å². The number of fused-ring (bicyclic) bond motifs is 1. The van der Waals surface area contributed by atoms with Crippen LogP contribution in [0.5, 0.6) is 5.75 Å². The van der Waals surface area contributed by atoms with Gasteiger partial charge in [0.25, 0.3) is 5.56 Å². The minimum absolute atomic E-state index is 0.0634. The molecular weight excluding hydrogens is 382 g/mol. The molecule has 5 nitrogen and oxygen atoms in total. The molecule has 1 saturated heterocycles. The van der Waals surface area contributed by atoms with E-state index in [9.17, 15) is 4.79 Å². The molecule has 0 spiro atoms. The molecule has 0 radical (unpaired) electrons. The summed E-state index contributed by atoms with van der Waals surface area (Å²) in [5.41, 5.74) is 2.68. The average Bonchev–Trinajstić information content (AvgIpc) is 2.75. The van der Waals surface area contributed by atoms with Gasteiger partial charge in [0.1, 0.15) is 5.75 Å². The number of H-pyrrole nitrogens is 1. The van der Waals surface area contributed by atoms with Gasteiger partial charge in [0, 0.05) is 42.7 Å². The molecule has 0 atom stereocenters. The second-order valence-corrected chi connectivity index (χ2v) is 8.58. The van der Waals surface area contributed by atoms with Gasteiger partial charge in [-0.2, -0.15) is 0 Å². The van der Waals surface area contributed by atoms with Gasteiger partial charge >= 0.3 is 0 Å². The molecule has 0 aliphatic carbocycles. The SMILES string of the molecule is COc1ccc2cc(CNCc3ccc(SN4CCCCC4)cc3)c(=O)[nH]c2c1. The van der Waals surface area contributed by atoms with Crippen molar-refractivity contribution in [3.05, 3.63) is 70.0 Å². The maximum atomic E-state index is 12.4. The summed E-state index contributed by atoms with van der Waals surface area (Å²) in [7, 11) is 1.62. The molecule has 3 aromatic rings. The van der Waals surface area contributed by atoms with Crippen molar-refractivity contribution in [3.8, 4) is 5.75 Å². The van der Waals surface area contributed by atoms with E-state index >= 15 is 0 Å². The zero-order valence-electron chi connectivity index (χ0n) is 16.7. The number of rotatable bonds is 7. The number of ether oxygens (including phenoxy) is 1. The topological polar surface area (TPSA) is 57.4 Å². The molecule has 2 aromatic carbocycles.